The number of nitrogens with one attached hydrogen (secondary N) is 3. The molecule has 5 nitrogen and oxygen atoms in total. The molecule has 0 aromatic heterocycles. The maximum Gasteiger partial charge on any atom is 0.241 e. The van der Waals surface area contributed by atoms with E-state index in [-0.39, 0.29) is 11.8 Å². The molecule has 0 fully saturated rings. The van der Waals surface area contributed by atoms with Crippen molar-refractivity contribution in [1.82, 2.24) is 10.6 Å². The van der Waals surface area contributed by atoms with Gasteiger partial charge in [0, 0.05) is 12.7 Å². The molecule has 0 aliphatic carbocycles. The van der Waals surface area contributed by atoms with Gasteiger partial charge in [0.25, 0.3) is 0 Å². The second-order valence-electron chi connectivity index (χ2n) is 4.08. The quantitative estimate of drug-likeness (QED) is 0.720. The predicted molar refractivity (Wildman–Crippen MR) is 71.2 cm³/mol. The van der Waals surface area contributed by atoms with Crippen molar-refractivity contribution >= 4 is 17.5 Å². The largest absolute Gasteiger partial charge is 0.358 e. The third kappa shape index (κ3) is 4.18. The Morgan fingerprint density at radius 2 is 1.56 bits per heavy atom. The fourth-order valence-corrected chi connectivity index (χ4v) is 1.51. The fourth-order valence-electron chi connectivity index (χ4n) is 1.51. The molecule has 2 atom stereocenters. The molecule has 0 saturated heterocycles. The van der Waals surface area contributed by atoms with Crippen molar-refractivity contribution in [1.29, 1.82) is 0 Å². The van der Waals surface area contributed by atoms with E-state index in [0.29, 0.717) is 0 Å². The number of hydrogen-bond donors (Lipinski definition) is 3. The summed E-state index contributed by atoms with van der Waals surface area (Å²) in [4.78, 5) is 23.2. The van der Waals surface area contributed by atoms with E-state index in [9.17, 15) is 9.59 Å². The smallest absolute Gasteiger partial charge is 0.241 e. The van der Waals surface area contributed by atoms with Crippen molar-refractivity contribution in [3.05, 3.63) is 30.3 Å². The number of rotatable bonds is 5. The zero-order valence-corrected chi connectivity index (χ0v) is 10.9. The molecule has 0 aliphatic heterocycles. The second-order valence-corrected chi connectivity index (χ2v) is 4.08. The lowest BCUT2D eigenvalue weighted by molar-refractivity contribution is -0.123. The van der Waals surface area contributed by atoms with Gasteiger partial charge in [0.05, 0.1) is 12.1 Å². The van der Waals surface area contributed by atoms with Crippen LogP contribution in [0.15, 0.2) is 30.3 Å². The highest BCUT2D eigenvalue weighted by Crippen LogP contribution is 2.05. The summed E-state index contributed by atoms with van der Waals surface area (Å²) in [6.07, 6.45) is 0. The molecule has 5 heteroatoms. The highest BCUT2D eigenvalue weighted by atomic mass is 16.2. The fraction of sp³-hybridized carbons (Fsp3) is 0.385. The third-order valence-electron chi connectivity index (χ3n) is 2.57. The van der Waals surface area contributed by atoms with Crippen molar-refractivity contribution in [2.45, 2.75) is 25.9 Å². The molecule has 0 heterocycles. The Labute approximate surface area is 107 Å². The van der Waals surface area contributed by atoms with Crippen LogP contribution >= 0.6 is 0 Å². The van der Waals surface area contributed by atoms with E-state index in [2.05, 4.69) is 16.0 Å². The van der Waals surface area contributed by atoms with Crippen LogP contribution in [0.4, 0.5) is 5.69 Å². The molecule has 0 aliphatic rings. The van der Waals surface area contributed by atoms with Crippen molar-refractivity contribution in [3.8, 4) is 0 Å². The van der Waals surface area contributed by atoms with Gasteiger partial charge in [-0.2, -0.15) is 0 Å². The number of para-hydroxylation sites is 1. The standard InChI is InChI=1S/C13H19N3O2/c1-9(12(17)14-3)15-10(2)13(18)16-11-7-5-4-6-8-11/h4-10,15H,1-3H3,(H,14,17)(H,16,18). The molecule has 0 bridgehead atoms. The minimum Gasteiger partial charge on any atom is -0.358 e. The highest BCUT2D eigenvalue weighted by Gasteiger charge is 2.18. The van der Waals surface area contributed by atoms with Gasteiger partial charge in [0.2, 0.25) is 11.8 Å². The zero-order valence-electron chi connectivity index (χ0n) is 10.9. The van der Waals surface area contributed by atoms with E-state index in [4.69, 9.17) is 0 Å². The first-order chi connectivity index (χ1) is 8.54. The van der Waals surface area contributed by atoms with Gasteiger partial charge in [0.15, 0.2) is 0 Å². The molecule has 2 amide bonds. The number of carbonyl (C=O) groups excluding carboxylic acids is 2. The molecule has 18 heavy (non-hydrogen) atoms. The molecule has 3 N–H and O–H groups in total. The van der Waals surface area contributed by atoms with Crippen molar-refractivity contribution in [2.24, 2.45) is 0 Å². The van der Waals surface area contributed by atoms with Crippen LogP contribution in [0.2, 0.25) is 0 Å². The van der Waals surface area contributed by atoms with Gasteiger partial charge in [-0.1, -0.05) is 18.2 Å². The van der Waals surface area contributed by atoms with E-state index in [0.717, 1.165) is 5.69 Å². The number of carbonyl (C=O) groups is 2. The van der Waals surface area contributed by atoms with E-state index < -0.39 is 12.1 Å². The lowest BCUT2D eigenvalue weighted by Gasteiger charge is -2.18. The van der Waals surface area contributed by atoms with E-state index >= 15 is 0 Å². The average Bonchev–Trinajstić information content (AvgIpc) is 2.38. The number of anilines is 1. The second kappa shape index (κ2) is 6.76. The average molecular weight is 249 g/mol. The Morgan fingerprint density at radius 3 is 2.11 bits per heavy atom. The molecule has 0 radical (unpaired) electrons. The van der Waals surface area contributed by atoms with Crippen LogP contribution in [-0.2, 0) is 9.59 Å². The van der Waals surface area contributed by atoms with Gasteiger partial charge in [0.1, 0.15) is 0 Å². The molecular formula is C13H19N3O2. The Bertz CT molecular complexity index is 406. The van der Waals surface area contributed by atoms with Gasteiger partial charge in [-0.3, -0.25) is 14.9 Å². The molecule has 2 unspecified atom stereocenters. The summed E-state index contributed by atoms with van der Waals surface area (Å²) in [5, 5.41) is 8.22. The number of likely N-dealkylation sites (N-methyl/N-ethyl adjacent to an activating group) is 1. The Morgan fingerprint density at radius 1 is 1.00 bits per heavy atom. The first kappa shape index (κ1) is 14.2. The minimum atomic E-state index is -0.447. The molecule has 1 rings (SSSR count). The Kier molecular flexibility index (Phi) is 5.32. The van der Waals surface area contributed by atoms with Crippen LogP contribution in [0.1, 0.15) is 13.8 Å². The van der Waals surface area contributed by atoms with Crippen molar-refractivity contribution < 1.29 is 9.59 Å². The van der Waals surface area contributed by atoms with Gasteiger partial charge >= 0.3 is 0 Å². The molecule has 0 spiro atoms. The molecular weight excluding hydrogens is 230 g/mol. The number of amides is 2. The van der Waals surface area contributed by atoms with Crippen LogP contribution < -0.4 is 16.0 Å². The SMILES string of the molecule is CNC(=O)C(C)NC(C)C(=O)Nc1ccccc1. The van der Waals surface area contributed by atoms with E-state index in [1.54, 1.807) is 20.9 Å². The minimum absolute atomic E-state index is 0.144. The summed E-state index contributed by atoms with van der Waals surface area (Å²) >= 11 is 0. The Balaban J connectivity index is 2.49. The zero-order chi connectivity index (χ0) is 13.5. The lowest BCUT2D eigenvalue weighted by atomic mass is 10.2. The monoisotopic (exact) mass is 249 g/mol. The molecule has 1 aromatic carbocycles. The van der Waals surface area contributed by atoms with E-state index in [1.807, 2.05) is 30.3 Å². The Hall–Kier alpha value is -1.88. The van der Waals surface area contributed by atoms with Gasteiger partial charge in [-0.25, -0.2) is 0 Å². The molecule has 0 saturated carbocycles. The summed E-state index contributed by atoms with van der Waals surface area (Å²) in [6, 6.07) is 8.34. The molecule has 1 aromatic rings. The van der Waals surface area contributed by atoms with Gasteiger partial charge < -0.3 is 10.6 Å². The number of hydrogen-bond acceptors (Lipinski definition) is 3. The van der Waals surface area contributed by atoms with Crippen LogP contribution in [0, 0.1) is 0 Å². The summed E-state index contributed by atoms with van der Waals surface area (Å²) in [5.41, 5.74) is 0.740. The first-order valence-electron chi connectivity index (χ1n) is 5.88. The van der Waals surface area contributed by atoms with Gasteiger partial charge in [-0.05, 0) is 26.0 Å². The summed E-state index contributed by atoms with van der Waals surface area (Å²) in [6.45, 7) is 3.43. The first-order valence-corrected chi connectivity index (χ1v) is 5.88. The van der Waals surface area contributed by atoms with Gasteiger partial charge in [-0.15, -0.1) is 0 Å². The van der Waals surface area contributed by atoms with Crippen LogP contribution in [0.25, 0.3) is 0 Å². The normalized spacial score (nSPS) is 13.5. The van der Waals surface area contributed by atoms with Crippen LogP contribution in [-0.4, -0.2) is 30.9 Å². The maximum absolute atomic E-state index is 11.9. The van der Waals surface area contributed by atoms with E-state index in [1.165, 1.54) is 0 Å². The third-order valence-corrected chi connectivity index (χ3v) is 2.57. The maximum atomic E-state index is 11.9. The van der Waals surface area contributed by atoms with Crippen molar-refractivity contribution in [3.63, 3.8) is 0 Å². The lowest BCUT2D eigenvalue weighted by Crippen LogP contribution is -2.48. The predicted octanol–water partition coefficient (Wildman–Crippen LogP) is 0.738. The van der Waals surface area contributed by atoms with Crippen LogP contribution in [0.5, 0.6) is 0 Å². The summed E-state index contributed by atoms with van der Waals surface area (Å²) in [5.74, 6) is -0.314. The van der Waals surface area contributed by atoms with Crippen LogP contribution in [0.3, 0.4) is 0 Å². The number of benzene rings is 1. The summed E-state index contributed by atoms with van der Waals surface area (Å²) in [7, 11) is 1.56. The van der Waals surface area contributed by atoms with Crippen molar-refractivity contribution in [2.75, 3.05) is 12.4 Å². The molecule has 98 valence electrons. The topological polar surface area (TPSA) is 70.2 Å². The highest BCUT2D eigenvalue weighted by molar-refractivity contribution is 5.95. The summed E-state index contributed by atoms with van der Waals surface area (Å²) < 4.78 is 0.